The summed E-state index contributed by atoms with van der Waals surface area (Å²) in [6, 6.07) is 2.16. The number of anilines is 2. The Balaban J connectivity index is 2.02. The lowest BCUT2D eigenvalue weighted by Crippen LogP contribution is -2.36. The predicted octanol–water partition coefficient (Wildman–Crippen LogP) is 2.39. The summed E-state index contributed by atoms with van der Waals surface area (Å²) in [5, 5.41) is 14.0. The van der Waals surface area contributed by atoms with Crippen LogP contribution in [0, 0.1) is 6.92 Å². The molecule has 1 fully saturated rings. The number of hydrogen-bond acceptors (Lipinski definition) is 6. The van der Waals surface area contributed by atoms with Crippen LogP contribution in [-0.2, 0) is 0 Å². The number of nitrogens with zero attached hydrogens (tertiary/aromatic N) is 3. The molecule has 0 amide bonds. The molecule has 0 atom stereocenters. The molecule has 108 valence electrons. The number of rotatable bonds is 3. The highest BCUT2D eigenvalue weighted by molar-refractivity contribution is 7.18. The van der Waals surface area contributed by atoms with E-state index in [1.165, 1.54) is 4.88 Å². The van der Waals surface area contributed by atoms with E-state index in [1.807, 2.05) is 6.92 Å². The van der Waals surface area contributed by atoms with Crippen molar-refractivity contribution < 1.29 is 5.11 Å². The van der Waals surface area contributed by atoms with Crippen molar-refractivity contribution in [1.82, 2.24) is 9.97 Å². The minimum absolute atomic E-state index is 0.166. The Kier molecular flexibility index (Phi) is 3.76. The Labute approximate surface area is 122 Å². The van der Waals surface area contributed by atoms with E-state index in [-0.39, 0.29) is 6.10 Å². The second kappa shape index (κ2) is 5.54. The van der Waals surface area contributed by atoms with Gasteiger partial charge in [0, 0.05) is 24.5 Å². The number of aromatic nitrogens is 2. The lowest BCUT2D eigenvalue weighted by molar-refractivity contribution is 0.145. The molecule has 2 aromatic heterocycles. The molecule has 0 bridgehead atoms. The largest absolute Gasteiger partial charge is 0.393 e. The standard InChI is InChI=1S/C14H20N4OS/c1-3-15-14-16-12(18-6-4-10(19)5-7-18)11-8-9(2)20-13(11)17-14/h8,10,19H,3-7H2,1-2H3,(H,15,16,17). The first-order valence-corrected chi connectivity index (χ1v) is 7.94. The van der Waals surface area contributed by atoms with Crippen LogP contribution in [-0.4, -0.2) is 40.8 Å². The molecule has 0 aromatic carbocycles. The van der Waals surface area contributed by atoms with Gasteiger partial charge >= 0.3 is 0 Å². The van der Waals surface area contributed by atoms with Crippen molar-refractivity contribution in [3.8, 4) is 0 Å². The highest BCUT2D eigenvalue weighted by Crippen LogP contribution is 2.32. The minimum Gasteiger partial charge on any atom is -0.393 e. The van der Waals surface area contributed by atoms with Crippen molar-refractivity contribution in [1.29, 1.82) is 0 Å². The molecular formula is C14H20N4OS. The maximum Gasteiger partial charge on any atom is 0.226 e. The Morgan fingerprint density at radius 1 is 1.40 bits per heavy atom. The third kappa shape index (κ3) is 2.58. The zero-order chi connectivity index (χ0) is 14.1. The van der Waals surface area contributed by atoms with Crippen LogP contribution in [0.4, 0.5) is 11.8 Å². The van der Waals surface area contributed by atoms with Crippen LogP contribution < -0.4 is 10.2 Å². The van der Waals surface area contributed by atoms with E-state index >= 15 is 0 Å². The smallest absolute Gasteiger partial charge is 0.226 e. The maximum absolute atomic E-state index is 9.66. The average molecular weight is 292 g/mol. The maximum atomic E-state index is 9.66. The van der Waals surface area contributed by atoms with Gasteiger partial charge in [0.15, 0.2) is 0 Å². The number of thiophene rings is 1. The molecule has 1 aliphatic heterocycles. The third-order valence-corrected chi connectivity index (χ3v) is 4.54. The lowest BCUT2D eigenvalue weighted by Gasteiger charge is -2.31. The van der Waals surface area contributed by atoms with Crippen molar-refractivity contribution in [3.05, 3.63) is 10.9 Å². The van der Waals surface area contributed by atoms with Gasteiger partial charge in [-0.2, -0.15) is 4.98 Å². The first kappa shape index (κ1) is 13.6. The number of piperidine rings is 1. The van der Waals surface area contributed by atoms with Crippen LogP contribution >= 0.6 is 11.3 Å². The third-order valence-electron chi connectivity index (χ3n) is 3.59. The second-order valence-corrected chi connectivity index (χ2v) is 6.43. The summed E-state index contributed by atoms with van der Waals surface area (Å²) < 4.78 is 0. The number of fused-ring (bicyclic) bond motifs is 1. The number of nitrogens with one attached hydrogen (secondary N) is 1. The van der Waals surface area contributed by atoms with E-state index in [4.69, 9.17) is 0 Å². The summed E-state index contributed by atoms with van der Waals surface area (Å²) >= 11 is 1.70. The fourth-order valence-electron chi connectivity index (χ4n) is 2.58. The molecule has 3 heterocycles. The quantitative estimate of drug-likeness (QED) is 0.909. The summed E-state index contributed by atoms with van der Waals surface area (Å²) in [4.78, 5) is 13.8. The average Bonchev–Trinajstić information content (AvgIpc) is 2.79. The number of aliphatic hydroxyl groups excluding tert-OH is 1. The number of aryl methyl sites for hydroxylation is 1. The van der Waals surface area contributed by atoms with Crippen molar-refractivity contribution in [2.45, 2.75) is 32.8 Å². The monoisotopic (exact) mass is 292 g/mol. The minimum atomic E-state index is -0.166. The molecule has 5 nitrogen and oxygen atoms in total. The summed E-state index contributed by atoms with van der Waals surface area (Å²) in [7, 11) is 0. The van der Waals surface area contributed by atoms with E-state index in [2.05, 4.69) is 33.2 Å². The van der Waals surface area contributed by atoms with Crippen molar-refractivity contribution in [2.75, 3.05) is 29.9 Å². The Bertz CT molecular complexity index is 604. The van der Waals surface area contributed by atoms with Gasteiger partial charge in [-0.3, -0.25) is 0 Å². The lowest BCUT2D eigenvalue weighted by atomic mass is 10.1. The van der Waals surface area contributed by atoms with E-state index < -0.39 is 0 Å². The molecule has 6 heteroatoms. The summed E-state index contributed by atoms with van der Waals surface area (Å²) in [5.41, 5.74) is 0. The Morgan fingerprint density at radius 2 is 2.15 bits per heavy atom. The molecule has 2 N–H and O–H groups in total. The van der Waals surface area contributed by atoms with E-state index in [0.29, 0.717) is 5.95 Å². The topological polar surface area (TPSA) is 61.3 Å². The van der Waals surface area contributed by atoms with Gasteiger partial charge in [-0.15, -0.1) is 11.3 Å². The first-order chi connectivity index (χ1) is 9.67. The van der Waals surface area contributed by atoms with Crippen LogP contribution in [0.2, 0.25) is 0 Å². The normalized spacial score (nSPS) is 16.9. The van der Waals surface area contributed by atoms with Crippen LogP contribution in [0.5, 0.6) is 0 Å². The predicted molar refractivity (Wildman–Crippen MR) is 83.8 cm³/mol. The van der Waals surface area contributed by atoms with Crippen molar-refractivity contribution in [3.63, 3.8) is 0 Å². The van der Waals surface area contributed by atoms with E-state index in [0.717, 1.165) is 48.5 Å². The fourth-order valence-corrected chi connectivity index (χ4v) is 3.46. The summed E-state index contributed by atoms with van der Waals surface area (Å²) in [5.74, 6) is 1.70. The van der Waals surface area contributed by atoms with E-state index in [1.54, 1.807) is 11.3 Å². The molecule has 0 unspecified atom stereocenters. The molecule has 20 heavy (non-hydrogen) atoms. The van der Waals surface area contributed by atoms with Crippen LogP contribution in [0.1, 0.15) is 24.6 Å². The number of hydrogen-bond donors (Lipinski definition) is 2. The fraction of sp³-hybridized carbons (Fsp3) is 0.571. The SMILES string of the molecule is CCNc1nc(N2CCC(O)CC2)c2cc(C)sc2n1. The van der Waals surface area contributed by atoms with Gasteiger partial charge in [0.05, 0.1) is 11.5 Å². The summed E-state index contributed by atoms with van der Waals surface area (Å²) in [6.07, 6.45) is 1.46. The molecule has 2 aromatic rings. The van der Waals surface area contributed by atoms with Crippen LogP contribution in [0.25, 0.3) is 10.2 Å². The van der Waals surface area contributed by atoms with Crippen LogP contribution in [0.15, 0.2) is 6.07 Å². The highest BCUT2D eigenvalue weighted by Gasteiger charge is 2.21. The second-order valence-electron chi connectivity index (χ2n) is 5.20. The molecule has 3 rings (SSSR count). The van der Waals surface area contributed by atoms with Crippen molar-refractivity contribution in [2.24, 2.45) is 0 Å². The van der Waals surface area contributed by atoms with Crippen molar-refractivity contribution >= 4 is 33.3 Å². The van der Waals surface area contributed by atoms with Gasteiger partial charge in [-0.1, -0.05) is 0 Å². The van der Waals surface area contributed by atoms with Gasteiger partial charge in [-0.25, -0.2) is 4.98 Å². The molecule has 0 spiro atoms. The highest BCUT2D eigenvalue weighted by atomic mass is 32.1. The molecule has 1 aliphatic rings. The molecule has 0 radical (unpaired) electrons. The molecule has 1 saturated heterocycles. The van der Waals surface area contributed by atoms with Gasteiger partial charge in [-0.05, 0) is 32.8 Å². The van der Waals surface area contributed by atoms with Gasteiger partial charge in [0.25, 0.3) is 0 Å². The first-order valence-electron chi connectivity index (χ1n) is 7.12. The zero-order valence-corrected chi connectivity index (χ0v) is 12.7. The number of aliphatic hydroxyl groups is 1. The van der Waals surface area contributed by atoms with Crippen LogP contribution in [0.3, 0.4) is 0 Å². The van der Waals surface area contributed by atoms with Gasteiger partial charge in [0.1, 0.15) is 10.6 Å². The molecule has 0 saturated carbocycles. The Hall–Kier alpha value is -1.40. The molecule has 0 aliphatic carbocycles. The molecular weight excluding hydrogens is 272 g/mol. The summed E-state index contributed by atoms with van der Waals surface area (Å²) in [6.45, 7) is 6.67. The van der Waals surface area contributed by atoms with E-state index in [9.17, 15) is 5.11 Å². The Morgan fingerprint density at radius 3 is 2.85 bits per heavy atom. The zero-order valence-electron chi connectivity index (χ0n) is 11.9. The van der Waals surface area contributed by atoms with Gasteiger partial charge < -0.3 is 15.3 Å². The van der Waals surface area contributed by atoms with Gasteiger partial charge in [0.2, 0.25) is 5.95 Å².